The summed E-state index contributed by atoms with van der Waals surface area (Å²) in [5.41, 5.74) is 2.84. The van der Waals surface area contributed by atoms with E-state index >= 15 is 0 Å². The van der Waals surface area contributed by atoms with Gasteiger partial charge >= 0.3 is 5.97 Å². The molecule has 1 aromatic carbocycles. The van der Waals surface area contributed by atoms with Crippen molar-refractivity contribution in [1.82, 2.24) is 9.97 Å². The predicted molar refractivity (Wildman–Crippen MR) is 106 cm³/mol. The molecule has 1 amide bonds. The number of hydrogen-bond acceptors (Lipinski definition) is 6. The second-order valence-electron chi connectivity index (χ2n) is 5.89. The fourth-order valence-electron chi connectivity index (χ4n) is 2.54. The third-order valence-corrected chi connectivity index (χ3v) is 3.92. The number of nitrogens with one attached hydrogen (secondary N) is 2. The third-order valence-electron chi connectivity index (χ3n) is 3.92. The predicted octanol–water partition coefficient (Wildman–Crippen LogP) is 3.52. The second kappa shape index (κ2) is 9.27. The fourth-order valence-corrected chi connectivity index (χ4v) is 2.54. The van der Waals surface area contributed by atoms with Crippen molar-refractivity contribution in [2.75, 3.05) is 17.2 Å². The molecule has 28 heavy (non-hydrogen) atoms. The molecule has 3 aromatic rings. The quantitative estimate of drug-likeness (QED) is 0.613. The third kappa shape index (κ3) is 4.91. The smallest absolute Gasteiger partial charge is 0.340 e. The minimum absolute atomic E-state index is 0.260. The van der Waals surface area contributed by atoms with Crippen LogP contribution in [0, 0.1) is 0 Å². The zero-order valence-corrected chi connectivity index (χ0v) is 15.4. The van der Waals surface area contributed by atoms with Crippen LogP contribution in [0.25, 0.3) is 0 Å². The monoisotopic (exact) mass is 376 g/mol. The molecule has 0 aliphatic heterocycles. The maximum absolute atomic E-state index is 12.6. The van der Waals surface area contributed by atoms with Crippen LogP contribution in [0.3, 0.4) is 0 Å². The summed E-state index contributed by atoms with van der Waals surface area (Å²) in [4.78, 5) is 32.8. The highest BCUT2D eigenvalue weighted by atomic mass is 16.5. The first-order valence-electron chi connectivity index (χ1n) is 8.82. The van der Waals surface area contributed by atoms with E-state index in [1.54, 1.807) is 55.8 Å². The Morgan fingerprint density at radius 1 is 1.04 bits per heavy atom. The van der Waals surface area contributed by atoms with Crippen molar-refractivity contribution in [2.24, 2.45) is 0 Å². The summed E-state index contributed by atoms with van der Waals surface area (Å²) in [6, 6.07) is 12.2. The average molecular weight is 376 g/mol. The summed E-state index contributed by atoms with van der Waals surface area (Å²) >= 11 is 0. The zero-order valence-electron chi connectivity index (χ0n) is 15.4. The van der Waals surface area contributed by atoms with Crippen molar-refractivity contribution in [3.8, 4) is 0 Å². The first-order valence-corrected chi connectivity index (χ1v) is 8.82. The molecule has 7 heteroatoms. The number of carbonyl (C=O) groups is 2. The van der Waals surface area contributed by atoms with Gasteiger partial charge in [0.05, 0.1) is 29.1 Å². The van der Waals surface area contributed by atoms with Crippen LogP contribution in [0.15, 0.2) is 67.3 Å². The number of ether oxygens (including phenoxy) is 1. The maximum atomic E-state index is 12.6. The minimum atomic E-state index is -0.482. The molecule has 7 nitrogen and oxygen atoms in total. The Labute approximate surface area is 162 Å². The molecule has 0 unspecified atom stereocenters. The van der Waals surface area contributed by atoms with E-state index in [4.69, 9.17) is 4.74 Å². The van der Waals surface area contributed by atoms with Crippen LogP contribution in [0.4, 0.5) is 11.4 Å². The molecule has 0 atom stereocenters. The number of hydrogen-bond donors (Lipinski definition) is 2. The first-order chi connectivity index (χ1) is 13.7. The molecule has 2 aromatic heterocycles. The molecule has 0 spiro atoms. The van der Waals surface area contributed by atoms with Crippen LogP contribution in [-0.4, -0.2) is 28.5 Å². The Morgan fingerprint density at radius 3 is 2.61 bits per heavy atom. The lowest BCUT2D eigenvalue weighted by Crippen LogP contribution is -2.16. The number of aromatic nitrogens is 2. The lowest BCUT2D eigenvalue weighted by atomic mass is 10.1. The topological polar surface area (TPSA) is 93.2 Å². The van der Waals surface area contributed by atoms with Crippen LogP contribution < -0.4 is 10.6 Å². The van der Waals surface area contributed by atoms with Gasteiger partial charge in [-0.05, 0) is 42.8 Å². The molecule has 0 fully saturated rings. The van der Waals surface area contributed by atoms with Crippen molar-refractivity contribution in [1.29, 1.82) is 0 Å². The molecule has 0 bridgehead atoms. The van der Waals surface area contributed by atoms with Crippen molar-refractivity contribution in [2.45, 2.75) is 13.5 Å². The highest BCUT2D eigenvalue weighted by Crippen LogP contribution is 2.18. The number of carbonyl (C=O) groups excluding carboxylic acids is 2. The molecule has 142 valence electrons. The second-order valence-corrected chi connectivity index (χ2v) is 5.89. The normalized spacial score (nSPS) is 10.2. The molecular weight excluding hydrogens is 356 g/mol. The molecular formula is C21H20N4O3. The summed E-state index contributed by atoms with van der Waals surface area (Å²) in [5.74, 6) is -0.846. The summed E-state index contributed by atoms with van der Waals surface area (Å²) in [5, 5.41) is 5.97. The van der Waals surface area contributed by atoms with Crippen LogP contribution in [0.1, 0.15) is 33.2 Å². The summed E-state index contributed by atoms with van der Waals surface area (Å²) in [6.45, 7) is 2.58. The fraction of sp³-hybridized carbons (Fsp3) is 0.143. The molecule has 2 N–H and O–H groups in total. The van der Waals surface area contributed by atoms with Crippen LogP contribution >= 0.6 is 0 Å². The Bertz CT molecular complexity index is 961. The van der Waals surface area contributed by atoms with Crippen LogP contribution in [0.5, 0.6) is 0 Å². The van der Waals surface area contributed by atoms with E-state index in [1.165, 1.54) is 6.20 Å². The van der Waals surface area contributed by atoms with Gasteiger partial charge in [0.25, 0.3) is 5.91 Å². The molecule has 0 saturated heterocycles. The maximum Gasteiger partial charge on any atom is 0.340 e. The van der Waals surface area contributed by atoms with Crippen molar-refractivity contribution >= 4 is 23.3 Å². The van der Waals surface area contributed by atoms with E-state index in [0.717, 1.165) is 5.56 Å². The Hall–Kier alpha value is -3.74. The number of nitrogens with zero attached hydrogens (tertiary/aromatic N) is 2. The van der Waals surface area contributed by atoms with Gasteiger partial charge in [0.1, 0.15) is 0 Å². The molecule has 2 heterocycles. The van der Waals surface area contributed by atoms with E-state index in [0.29, 0.717) is 29.0 Å². The van der Waals surface area contributed by atoms with Gasteiger partial charge < -0.3 is 15.4 Å². The van der Waals surface area contributed by atoms with Gasteiger partial charge in [0.15, 0.2) is 0 Å². The van der Waals surface area contributed by atoms with Crippen molar-refractivity contribution < 1.29 is 14.3 Å². The van der Waals surface area contributed by atoms with E-state index in [1.807, 2.05) is 12.1 Å². The van der Waals surface area contributed by atoms with Gasteiger partial charge in [-0.3, -0.25) is 14.8 Å². The van der Waals surface area contributed by atoms with E-state index < -0.39 is 5.97 Å². The highest BCUT2D eigenvalue weighted by molar-refractivity contribution is 6.08. The number of anilines is 2. The lowest BCUT2D eigenvalue weighted by molar-refractivity contribution is 0.0527. The lowest BCUT2D eigenvalue weighted by Gasteiger charge is -2.11. The molecule has 0 saturated carbocycles. The number of esters is 1. The summed E-state index contributed by atoms with van der Waals surface area (Å²) in [6.07, 6.45) is 6.56. The molecule has 0 radical (unpaired) electrons. The van der Waals surface area contributed by atoms with Gasteiger partial charge in [-0.15, -0.1) is 0 Å². The first kappa shape index (κ1) is 19.0. The number of amides is 1. The van der Waals surface area contributed by atoms with E-state index in [-0.39, 0.29) is 12.5 Å². The van der Waals surface area contributed by atoms with Gasteiger partial charge in [-0.2, -0.15) is 0 Å². The number of pyridine rings is 2. The number of rotatable bonds is 7. The minimum Gasteiger partial charge on any atom is -0.462 e. The Morgan fingerprint density at radius 2 is 1.82 bits per heavy atom. The average Bonchev–Trinajstić information content (AvgIpc) is 2.74. The standard InChI is InChI=1S/C21H20N4O3/c1-2-28-21(27)18-5-3-4-6-19(18)25-20(26)16-11-17(14-23-13-16)24-12-15-7-9-22-10-8-15/h3-11,13-14,24H,2,12H2,1H3,(H,25,26). The molecule has 0 aliphatic carbocycles. The van der Waals surface area contributed by atoms with Crippen molar-refractivity contribution in [3.05, 3.63) is 83.9 Å². The largest absolute Gasteiger partial charge is 0.462 e. The van der Waals surface area contributed by atoms with E-state index in [2.05, 4.69) is 20.6 Å². The van der Waals surface area contributed by atoms with Crippen molar-refractivity contribution in [3.63, 3.8) is 0 Å². The SMILES string of the molecule is CCOC(=O)c1ccccc1NC(=O)c1cncc(NCc2ccncc2)c1. The van der Waals surface area contributed by atoms with Crippen LogP contribution in [0.2, 0.25) is 0 Å². The van der Waals surface area contributed by atoms with E-state index in [9.17, 15) is 9.59 Å². The van der Waals surface area contributed by atoms with Gasteiger partial charge in [0, 0.05) is 31.3 Å². The number of benzene rings is 1. The summed E-state index contributed by atoms with van der Waals surface area (Å²) in [7, 11) is 0. The number of para-hydroxylation sites is 1. The van der Waals surface area contributed by atoms with Gasteiger partial charge in [0.2, 0.25) is 0 Å². The molecule has 0 aliphatic rings. The van der Waals surface area contributed by atoms with Crippen LogP contribution in [-0.2, 0) is 11.3 Å². The highest BCUT2D eigenvalue weighted by Gasteiger charge is 2.15. The van der Waals surface area contributed by atoms with Gasteiger partial charge in [-0.1, -0.05) is 12.1 Å². The molecule has 3 rings (SSSR count). The zero-order chi connectivity index (χ0) is 19.8. The Balaban J connectivity index is 1.71. The van der Waals surface area contributed by atoms with Gasteiger partial charge in [-0.25, -0.2) is 4.79 Å². The summed E-state index contributed by atoms with van der Waals surface area (Å²) < 4.78 is 5.03. The Kier molecular flexibility index (Phi) is 6.30.